The molecule has 1 aromatic carbocycles. The Balaban J connectivity index is 2.52. The Morgan fingerprint density at radius 3 is 2.73 bits per heavy atom. The third-order valence-electron chi connectivity index (χ3n) is 2.94. The number of ether oxygens (including phenoxy) is 2. The quantitative estimate of drug-likeness (QED) is 0.808. The zero-order valence-electron chi connectivity index (χ0n) is 9.12. The number of hydrogen-bond acceptors (Lipinski definition) is 3. The maximum atomic E-state index is 9.89. The molecule has 0 spiro atoms. The van der Waals surface area contributed by atoms with Crippen LogP contribution in [0.5, 0.6) is 11.5 Å². The molecule has 0 saturated carbocycles. The fourth-order valence-corrected chi connectivity index (χ4v) is 2.13. The van der Waals surface area contributed by atoms with Crippen LogP contribution in [-0.2, 0) is 6.42 Å². The van der Waals surface area contributed by atoms with E-state index in [1.807, 2.05) is 12.1 Å². The van der Waals surface area contributed by atoms with Gasteiger partial charge in [-0.05, 0) is 30.9 Å². The Morgan fingerprint density at radius 2 is 2.07 bits per heavy atom. The van der Waals surface area contributed by atoms with Gasteiger partial charge in [0.25, 0.3) is 0 Å². The van der Waals surface area contributed by atoms with Gasteiger partial charge in [-0.1, -0.05) is 0 Å². The van der Waals surface area contributed by atoms with Gasteiger partial charge in [0.15, 0.2) is 0 Å². The Kier molecular flexibility index (Phi) is 2.82. The van der Waals surface area contributed by atoms with E-state index in [0.717, 1.165) is 41.9 Å². The highest BCUT2D eigenvalue weighted by Crippen LogP contribution is 2.38. The molecule has 0 amide bonds. The zero-order chi connectivity index (χ0) is 10.8. The molecular weight excluding hydrogens is 192 g/mol. The summed E-state index contributed by atoms with van der Waals surface area (Å²) in [6.07, 6.45) is 2.43. The molecule has 3 heteroatoms. The van der Waals surface area contributed by atoms with Gasteiger partial charge in [0.1, 0.15) is 11.5 Å². The Labute approximate surface area is 89.6 Å². The lowest BCUT2D eigenvalue weighted by atomic mass is 9.88. The normalized spacial score (nSPS) is 19.5. The van der Waals surface area contributed by atoms with Crippen LogP contribution in [0.3, 0.4) is 0 Å². The first kappa shape index (κ1) is 10.3. The third kappa shape index (κ3) is 1.79. The van der Waals surface area contributed by atoms with E-state index in [1.165, 1.54) is 0 Å². The molecule has 82 valence electrons. The Hall–Kier alpha value is -1.22. The monoisotopic (exact) mass is 208 g/mol. The number of fused-ring (bicyclic) bond motifs is 1. The number of hydrogen-bond donors (Lipinski definition) is 1. The van der Waals surface area contributed by atoms with Crippen molar-refractivity contribution in [1.29, 1.82) is 0 Å². The van der Waals surface area contributed by atoms with Gasteiger partial charge >= 0.3 is 0 Å². The highest BCUT2D eigenvalue weighted by Gasteiger charge is 2.22. The predicted octanol–water partition coefficient (Wildman–Crippen LogP) is 2.07. The second-order valence-electron chi connectivity index (χ2n) is 3.81. The molecule has 0 aromatic heterocycles. The van der Waals surface area contributed by atoms with Gasteiger partial charge in [-0.25, -0.2) is 0 Å². The summed E-state index contributed by atoms with van der Waals surface area (Å²) < 4.78 is 10.5. The van der Waals surface area contributed by atoms with Crippen molar-refractivity contribution in [2.45, 2.75) is 25.4 Å². The topological polar surface area (TPSA) is 38.7 Å². The summed E-state index contributed by atoms with van der Waals surface area (Å²) in [7, 11) is 3.27. The van der Waals surface area contributed by atoms with Crippen molar-refractivity contribution >= 4 is 0 Å². The first-order valence-electron chi connectivity index (χ1n) is 5.19. The second kappa shape index (κ2) is 4.11. The molecule has 2 rings (SSSR count). The molecule has 1 aliphatic rings. The van der Waals surface area contributed by atoms with Crippen LogP contribution in [0.25, 0.3) is 0 Å². The standard InChI is InChI=1S/C12H16O3/c1-14-8-6-10-9(12(7-8)15-2)4-3-5-11(10)13/h6-7,11,13H,3-5H2,1-2H3. The molecule has 0 saturated heterocycles. The number of aliphatic hydroxyl groups excluding tert-OH is 1. The van der Waals surface area contributed by atoms with Crippen LogP contribution in [0.1, 0.15) is 30.1 Å². The minimum atomic E-state index is -0.377. The van der Waals surface area contributed by atoms with E-state index in [0.29, 0.717) is 0 Å². The van der Waals surface area contributed by atoms with Gasteiger partial charge in [-0.3, -0.25) is 0 Å². The highest BCUT2D eigenvalue weighted by atomic mass is 16.5. The molecule has 0 radical (unpaired) electrons. The van der Waals surface area contributed by atoms with E-state index in [2.05, 4.69) is 0 Å². The Bertz CT molecular complexity index is 360. The molecule has 1 N–H and O–H groups in total. The van der Waals surface area contributed by atoms with Gasteiger partial charge in [0.2, 0.25) is 0 Å². The SMILES string of the molecule is COc1cc(OC)c2c(c1)C(O)CCC2. The van der Waals surface area contributed by atoms with Crippen LogP contribution in [0.15, 0.2) is 12.1 Å². The fraction of sp³-hybridized carbons (Fsp3) is 0.500. The van der Waals surface area contributed by atoms with E-state index in [4.69, 9.17) is 9.47 Å². The molecule has 1 aromatic rings. The lowest BCUT2D eigenvalue weighted by Crippen LogP contribution is -2.10. The van der Waals surface area contributed by atoms with Crippen LogP contribution in [-0.4, -0.2) is 19.3 Å². The maximum absolute atomic E-state index is 9.89. The van der Waals surface area contributed by atoms with Gasteiger partial charge < -0.3 is 14.6 Å². The van der Waals surface area contributed by atoms with Gasteiger partial charge in [0, 0.05) is 11.6 Å². The second-order valence-corrected chi connectivity index (χ2v) is 3.81. The maximum Gasteiger partial charge on any atom is 0.126 e. The van der Waals surface area contributed by atoms with Crippen molar-refractivity contribution < 1.29 is 14.6 Å². The van der Waals surface area contributed by atoms with Crippen LogP contribution in [0, 0.1) is 0 Å². The molecule has 0 heterocycles. The van der Waals surface area contributed by atoms with E-state index in [-0.39, 0.29) is 6.10 Å². The van der Waals surface area contributed by atoms with Gasteiger partial charge in [-0.2, -0.15) is 0 Å². The van der Waals surface area contributed by atoms with Crippen LogP contribution in [0.4, 0.5) is 0 Å². The molecule has 1 atom stereocenters. The van der Waals surface area contributed by atoms with Crippen LogP contribution < -0.4 is 9.47 Å². The minimum Gasteiger partial charge on any atom is -0.497 e. The summed E-state index contributed by atoms with van der Waals surface area (Å²) in [5.74, 6) is 1.56. The van der Waals surface area contributed by atoms with Crippen molar-refractivity contribution in [3.05, 3.63) is 23.3 Å². The molecule has 0 bridgehead atoms. The van der Waals surface area contributed by atoms with Crippen molar-refractivity contribution in [3.63, 3.8) is 0 Å². The smallest absolute Gasteiger partial charge is 0.126 e. The lowest BCUT2D eigenvalue weighted by Gasteiger charge is -2.23. The van der Waals surface area contributed by atoms with Crippen molar-refractivity contribution in [2.75, 3.05) is 14.2 Å². The molecule has 1 unspecified atom stereocenters. The Morgan fingerprint density at radius 1 is 1.27 bits per heavy atom. The molecule has 0 fully saturated rings. The van der Waals surface area contributed by atoms with Crippen molar-refractivity contribution in [1.82, 2.24) is 0 Å². The van der Waals surface area contributed by atoms with E-state index >= 15 is 0 Å². The third-order valence-corrected chi connectivity index (χ3v) is 2.94. The summed E-state index contributed by atoms with van der Waals surface area (Å²) in [6.45, 7) is 0. The fourth-order valence-electron chi connectivity index (χ4n) is 2.13. The molecule has 0 aliphatic heterocycles. The molecule has 1 aliphatic carbocycles. The summed E-state index contributed by atoms with van der Waals surface area (Å²) in [5.41, 5.74) is 2.08. The first-order chi connectivity index (χ1) is 7.26. The summed E-state index contributed by atoms with van der Waals surface area (Å²) in [5, 5.41) is 9.89. The lowest BCUT2D eigenvalue weighted by molar-refractivity contribution is 0.155. The van der Waals surface area contributed by atoms with Gasteiger partial charge in [0.05, 0.1) is 20.3 Å². The summed E-state index contributed by atoms with van der Waals surface area (Å²) >= 11 is 0. The first-order valence-corrected chi connectivity index (χ1v) is 5.19. The van der Waals surface area contributed by atoms with Crippen molar-refractivity contribution in [2.24, 2.45) is 0 Å². The number of methoxy groups -OCH3 is 2. The molecular formula is C12H16O3. The average Bonchev–Trinajstić information content (AvgIpc) is 2.28. The van der Waals surface area contributed by atoms with E-state index < -0.39 is 0 Å². The van der Waals surface area contributed by atoms with Crippen LogP contribution in [0.2, 0.25) is 0 Å². The van der Waals surface area contributed by atoms with E-state index in [1.54, 1.807) is 14.2 Å². The summed E-state index contributed by atoms with van der Waals surface area (Å²) in [6, 6.07) is 3.78. The van der Waals surface area contributed by atoms with Gasteiger partial charge in [-0.15, -0.1) is 0 Å². The van der Waals surface area contributed by atoms with Crippen molar-refractivity contribution in [3.8, 4) is 11.5 Å². The largest absolute Gasteiger partial charge is 0.497 e. The molecule has 3 nitrogen and oxygen atoms in total. The predicted molar refractivity (Wildman–Crippen MR) is 57.4 cm³/mol. The summed E-state index contributed by atoms with van der Waals surface area (Å²) in [4.78, 5) is 0. The molecule has 15 heavy (non-hydrogen) atoms. The average molecular weight is 208 g/mol. The number of rotatable bonds is 2. The number of aliphatic hydroxyl groups is 1. The number of benzene rings is 1. The van der Waals surface area contributed by atoms with Crippen LogP contribution >= 0.6 is 0 Å². The minimum absolute atomic E-state index is 0.377. The zero-order valence-corrected chi connectivity index (χ0v) is 9.12. The van der Waals surface area contributed by atoms with E-state index in [9.17, 15) is 5.11 Å². The highest BCUT2D eigenvalue weighted by molar-refractivity contribution is 5.48.